The number of aryl methyl sites for hydroxylation is 1. The Morgan fingerprint density at radius 1 is 1.62 bits per heavy atom. The Labute approximate surface area is 79.1 Å². The van der Waals surface area contributed by atoms with E-state index in [0.717, 1.165) is 12.5 Å². The molecule has 3 N–H and O–H groups in total. The van der Waals surface area contributed by atoms with Gasteiger partial charge in [-0.15, -0.1) is 0 Å². The molecule has 0 aliphatic heterocycles. The number of nitrogens with one attached hydrogen (secondary N) is 1. The van der Waals surface area contributed by atoms with Crippen molar-refractivity contribution in [2.45, 2.75) is 32.9 Å². The molecule has 1 heterocycles. The summed E-state index contributed by atoms with van der Waals surface area (Å²) < 4.78 is 2.05. The minimum Gasteiger partial charge on any atom is -0.350 e. The van der Waals surface area contributed by atoms with Gasteiger partial charge in [-0.25, -0.2) is 4.98 Å². The standard InChI is InChI=1S/C9H18N4/c1-4-13-6-5-11-8(13)12-9(2,3)7-10/h5-6H,4,7,10H2,1-3H3,(H,11,12). The average molecular weight is 182 g/mol. The zero-order valence-corrected chi connectivity index (χ0v) is 8.54. The molecule has 0 aliphatic rings. The number of nitrogens with zero attached hydrogens (tertiary/aromatic N) is 2. The normalized spacial score (nSPS) is 11.7. The summed E-state index contributed by atoms with van der Waals surface area (Å²) in [6, 6.07) is 0. The predicted molar refractivity (Wildman–Crippen MR) is 54.7 cm³/mol. The molecule has 0 atom stereocenters. The van der Waals surface area contributed by atoms with E-state index in [0.29, 0.717) is 6.54 Å². The molecule has 0 aliphatic carbocycles. The molecular formula is C9H18N4. The largest absolute Gasteiger partial charge is 0.350 e. The average Bonchev–Trinajstić information content (AvgIpc) is 2.51. The van der Waals surface area contributed by atoms with Gasteiger partial charge in [-0.05, 0) is 20.8 Å². The molecular weight excluding hydrogens is 164 g/mol. The molecule has 0 saturated carbocycles. The van der Waals surface area contributed by atoms with Crippen LogP contribution in [-0.2, 0) is 6.54 Å². The van der Waals surface area contributed by atoms with Crippen LogP contribution in [0.1, 0.15) is 20.8 Å². The molecule has 0 amide bonds. The van der Waals surface area contributed by atoms with Crippen molar-refractivity contribution in [3.8, 4) is 0 Å². The molecule has 0 unspecified atom stereocenters. The third-order valence-electron chi connectivity index (χ3n) is 2.02. The van der Waals surface area contributed by atoms with Gasteiger partial charge >= 0.3 is 0 Å². The summed E-state index contributed by atoms with van der Waals surface area (Å²) >= 11 is 0. The smallest absolute Gasteiger partial charge is 0.203 e. The topological polar surface area (TPSA) is 55.9 Å². The first-order valence-corrected chi connectivity index (χ1v) is 4.58. The van der Waals surface area contributed by atoms with Gasteiger partial charge in [0.05, 0.1) is 0 Å². The molecule has 4 nitrogen and oxygen atoms in total. The maximum absolute atomic E-state index is 5.61. The highest BCUT2D eigenvalue weighted by molar-refractivity contribution is 5.30. The lowest BCUT2D eigenvalue weighted by molar-refractivity contribution is 0.566. The monoisotopic (exact) mass is 182 g/mol. The molecule has 0 spiro atoms. The van der Waals surface area contributed by atoms with Crippen LogP contribution in [0.2, 0.25) is 0 Å². The summed E-state index contributed by atoms with van der Waals surface area (Å²) in [6.07, 6.45) is 3.74. The summed E-state index contributed by atoms with van der Waals surface area (Å²) in [5.74, 6) is 0.887. The fourth-order valence-corrected chi connectivity index (χ4v) is 1.04. The van der Waals surface area contributed by atoms with Gasteiger partial charge in [-0.3, -0.25) is 0 Å². The second-order valence-electron chi connectivity index (χ2n) is 3.75. The molecule has 4 heteroatoms. The lowest BCUT2D eigenvalue weighted by atomic mass is 10.1. The van der Waals surface area contributed by atoms with E-state index >= 15 is 0 Å². The molecule has 13 heavy (non-hydrogen) atoms. The Morgan fingerprint density at radius 2 is 2.31 bits per heavy atom. The van der Waals surface area contributed by atoms with E-state index in [1.165, 1.54) is 0 Å². The SMILES string of the molecule is CCn1ccnc1NC(C)(C)CN. The number of nitrogens with two attached hydrogens (primary N) is 1. The van der Waals surface area contributed by atoms with Crippen LogP contribution < -0.4 is 11.1 Å². The van der Waals surface area contributed by atoms with E-state index in [1.807, 2.05) is 6.20 Å². The van der Waals surface area contributed by atoms with Crippen LogP contribution in [0.15, 0.2) is 12.4 Å². The highest BCUT2D eigenvalue weighted by atomic mass is 15.2. The predicted octanol–water partition coefficient (Wildman–Crippen LogP) is 1.05. The quantitative estimate of drug-likeness (QED) is 0.732. The number of aromatic nitrogens is 2. The first-order chi connectivity index (χ1) is 6.09. The van der Waals surface area contributed by atoms with Crippen molar-refractivity contribution < 1.29 is 0 Å². The third-order valence-corrected chi connectivity index (χ3v) is 2.02. The van der Waals surface area contributed by atoms with E-state index in [2.05, 4.69) is 35.6 Å². The molecule has 0 saturated heterocycles. The molecule has 0 aromatic carbocycles. The number of imidazole rings is 1. The maximum Gasteiger partial charge on any atom is 0.203 e. The summed E-state index contributed by atoms with van der Waals surface area (Å²) in [7, 11) is 0. The van der Waals surface area contributed by atoms with Gasteiger partial charge in [-0.1, -0.05) is 0 Å². The van der Waals surface area contributed by atoms with Crippen LogP contribution in [0, 0.1) is 0 Å². The van der Waals surface area contributed by atoms with Gasteiger partial charge < -0.3 is 15.6 Å². The Bertz CT molecular complexity index is 264. The van der Waals surface area contributed by atoms with Crippen LogP contribution in [0.25, 0.3) is 0 Å². The summed E-state index contributed by atoms with van der Waals surface area (Å²) in [4.78, 5) is 4.22. The lowest BCUT2D eigenvalue weighted by Gasteiger charge is -2.25. The van der Waals surface area contributed by atoms with Crippen LogP contribution in [0.5, 0.6) is 0 Å². The van der Waals surface area contributed by atoms with Gasteiger partial charge in [-0.2, -0.15) is 0 Å². The molecule has 0 fully saturated rings. The van der Waals surface area contributed by atoms with Gasteiger partial charge in [0.1, 0.15) is 0 Å². The minimum atomic E-state index is -0.0989. The van der Waals surface area contributed by atoms with Crippen LogP contribution in [-0.4, -0.2) is 21.6 Å². The van der Waals surface area contributed by atoms with Gasteiger partial charge in [0.25, 0.3) is 0 Å². The first-order valence-electron chi connectivity index (χ1n) is 4.58. The number of anilines is 1. The van der Waals surface area contributed by atoms with Crippen LogP contribution >= 0.6 is 0 Å². The van der Waals surface area contributed by atoms with Crippen molar-refractivity contribution in [1.82, 2.24) is 9.55 Å². The van der Waals surface area contributed by atoms with Crippen LogP contribution in [0.4, 0.5) is 5.95 Å². The Hall–Kier alpha value is -1.03. The van der Waals surface area contributed by atoms with Crippen molar-refractivity contribution >= 4 is 5.95 Å². The van der Waals surface area contributed by atoms with Crippen molar-refractivity contribution in [1.29, 1.82) is 0 Å². The summed E-state index contributed by atoms with van der Waals surface area (Å²) in [5.41, 5.74) is 5.52. The second-order valence-corrected chi connectivity index (χ2v) is 3.75. The molecule has 0 radical (unpaired) electrons. The van der Waals surface area contributed by atoms with E-state index in [4.69, 9.17) is 5.73 Å². The highest BCUT2D eigenvalue weighted by Gasteiger charge is 2.16. The van der Waals surface area contributed by atoms with Crippen molar-refractivity contribution in [3.05, 3.63) is 12.4 Å². The minimum absolute atomic E-state index is 0.0989. The molecule has 74 valence electrons. The maximum atomic E-state index is 5.61. The zero-order valence-electron chi connectivity index (χ0n) is 8.54. The highest BCUT2D eigenvalue weighted by Crippen LogP contribution is 2.11. The third kappa shape index (κ3) is 2.45. The fourth-order valence-electron chi connectivity index (χ4n) is 1.04. The lowest BCUT2D eigenvalue weighted by Crippen LogP contribution is -2.40. The Morgan fingerprint density at radius 3 is 2.85 bits per heavy atom. The molecule has 1 aromatic rings. The molecule has 1 rings (SSSR count). The zero-order chi connectivity index (χ0) is 9.90. The fraction of sp³-hybridized carbons (Fsp3) is 0.667. The van der Waals surface area contributed by atoms with E-state index in [-0.39, 0.29) is 5.54 Å². The Kier molecular flexibility index (Phi) is 2.93. The van der Waals surface area contributed by atoms with Crippen molar-refractivity contribution in [2.24, 2.45) is 5.73 Å². The van der Waals surface area contributed by atoms with Gasteiger partial charge in [0.15, 0.2) is 0 Å². The van der Waals surface area contributed by atoms with Crippen LogP contribution in [0.3, 0.4) is 0 Å². The first kappa shape index (κ1) is 10.1. The summed E-state index contributed by atoms with van der Waals surface area (Å²) in [5, 5.41) is 3.29. The number of hydrogen-bond acceptors (Lipinski definition) is 3. The van der Waals surface area contributed by atoms with E-state index < -0.39 is 0 Å². The van der Waals surface area contributed by atoms with E-state index in [9.17, 15) is 0 Å². The number of hydrogen-bond donors (Lipinski definition) is 2. The van der Waals surface area contributed by atoms with Crippen molar-refractivity contribution in [2.75, 3.05) is 11.9 Å². The molecule has 1 aromatic heterocycles. The van der Waals surface area contributed by atoms with Crippen molar-refractivity contribution in [3.63, 3.8) is 0 Å². The molecule has 0 bridgehead atoms. The van der Waals surface area contributed by atoms with Gasteiger partial charge in [0.2, 0.25) is 5.95 Å². The second kappa shape index (κ2) is 3.79. The summed E-state index contributed by atoms with van der Waals surface area (Å²) in [6.45, 7) is 7.71. The van der Waals surface area contributed by atoms with E-state index in [1.54, 1.807) is 6.20 Å². The van der Waals surface area contributed by atoms with Gasteiger partial charge in [0, 0.05) is 31.0 Å². The number of rotatable bonds is 4. The Balaban J connectivity index is 2.73.